The molecular formula is C13H17BrF2O3S. The molecule has 0 amide bonds. The van der Waals surface area contributed by atoms with Gasteiger partial charge in [0.15, 0.2) is 27.2 Å². The van der Waals surface area contributed by atoms with Crippen LogP contribution in [0.25, 0.3) is 0 Å². The van der Waals surface area contributed by atoms with E-state index in [4.69, 9.17) is 4.74 Å². The summed E-state index contributed by atoms with van der Waals surface area (Å²) in [4.78, 5) is 0. The van der Waals surface area contributed by atoms with Gasteiger partial charge in [0.25, 0.3) is 0 Å². The molecule has 0 unspecified atom stereocenters. The molecule has 3 nitrogen and oxygen atoms in total. The lowest BCUT2D eigenvalue weighted by atomic mass is 10.2. The molecule has 0 spiro atoms. The molecule has 7 heteroatoms. The first-order chi connectivity index (χ1) is 9.08. The third kappa shape index (κ3) is 4.15. The van der Waals surface area contributed by atoms with Crippen molar-refractivity contribution < 1.29 is 21.9 Å². The number of sulfone groups is 1. The van der Waals surface area contributed by atoms with Crippen molar-refractivity contribution in [1.82, 2.24) is 0 Å². The summed E-state index contributed by atoms with van der Waals surface area (Å²) >= 11 is 3.10. The minimum atomic E-state index is -3.38. The lowest BCUT2D eigenvalue weighted by Crippen LogP contribution is -2.32. The van der Waals surface area contributed by atoms with Gasteiger partial charge in [-0.15, -0.1) is 0 Å². The number of rotatable bonds is 5. The Kier molecular flexibility index (Phi) is 5.54. The van der Waals surface area contributed by atoms with Crippen molar-refractivity contribution in [3.05, 3.63) is 29.3 Å². The van der Waals surface area contributed by atoms with E-state index in [-0.39, 0.29) is 12.4 Å². The van der Waals surface area contributed by atoms with E-state index in [0.29, 0.717) is 10.9 Å². The summed E-state index contributed by atoms with van der Waals surface area (Å²) in [6, 6.07) is 2.29. The summed E-state index contributed by atoms with van der Waals surface area (Å²) in [5, 5.41) is 0.319. The second-order valence-corrected chi connectivity index (χ2v) is 8.73. The van der Waals surface area contributed by atoms with Gasteiger partial charge in [-0.25, -0.2) is 17.2 Å². The molecule has 0 radical (unpaired) electrons. The average molecular weight is 371 g/mol. The van der Waals surface area contributed by atoms with E-state index in [2.05, 4.69) is 15.9 Å². The Bertz CT molecular complexity index is 557. The van der Waals surface area contributed by atoms with Gasteiger partial charge in [0.05, 0.1) is 10.5 Å². The van der Waals surface area contributed by atoms with Crippen LogP contribution < -0.4 is 4.74 Å². The van der Waals surface area contributed by atoms with E-state index in [1.165, 1.54) is 0 Å². The van der Waals surface area contributed by atoms with E-state index in [9.17, 15) is 17.2 Å². The summed E-state index contributed by atoms with van der Waals surface area (Å²) in [5.41, 5.74) is 0.440. The highest BCUT2D eigenvalue weighted by molar-refractivity contribution is 9.08. The average Bonchev–Trinajstić information content (AvgIpc) is 2.30. The summed E-state index contributed by atoms with van der Waals surface area (Å²) in [5.74, 6) is -2.52. The van der Waals surface area contributed by atoms with Crippen LogP contribution in [0.2, 0.25) is 0 Å². The molecule has 0 saturated heterocycles. The normalized spacial score (nSPS) is 12.5. The first-order valence-corrected chi connectivity index (χ1v) is 8.75. The second-order valence-electron chi connectivity index (χ2n) is 5.30. The molecule has 0 aliphatic carbocycles. The predicted molar refractivity (Wildman–Crippen MR) is 78.0 cm³/mol. The first-order valence-electron chi connectivity index (χ1n) is 5.97. The van der Waals surface area contributed by atoms with Crippen LogP contribution in [0, 0.1) is 11.6 Å². The van der Waals surface area contributed by atoms with Crippen LogP contribution in [-0.4, -0.2) is 25.5 Å². The third-order valence-corrected chi connectivity index (χ3v) is 5.96. The SMILES string of the molecule is CC(C)(C)S(=O)(=O)CCOc1c(F)cc(CBr)cc1F. The van der Waals surface area contributed by atoms with Crippen LogP contribution in [-0.2, 0) is 15.2 Å². The first kappa shape index (κ1) is 17.4. The van der Waals surface area contributed by atoms with E-state index >= 15 is 0 Å². The molecule has 1 aromatic carbocycles. The fraction of sp³-hybridized carbons (Fsp3) is 0.538. The number of hydrogen-bond acceptors (Lipinski definition) is 3. The second kappa shape index (κ2) is 6.39. The maximum atomic E-state index is 13.6. The van der Waals surface area contributed by atoms with Crippen LogP contribution in [0.1, 0.15) is 26.3 Å². The zero-order valence-corrected chi connectivity index (χ0v) is 13.9. The van der Waals surface area contributed by atoms with Gasteiger partial charge in [0.1, 0.15) is 6.61 Å². The maximum Gasteiger partial charge on any atom is 0.190 e. The zero-order valence-electron chi connectivity index (χ0n) is 11.5. The van der Waals surface area contributed by atoms with Gasteiger partial charge >= 0.3 is 0 Å². The smallest absolute Gasteiger partial charge is 0.190 e. The van der Waals surface area contributed by atoms with Crippen LogP contribution in [0.5, 0.6) is 5.75 Å². The topological polar surface area (TPSA) is 43.4 Å². The van der Waals surface area contributed by atoms with Gasteiger partial charge in [0.2, 0.25) is 0 Å². The Morgan fingerprint density at radius 1 is 1.20 bits per heavy atom. The molecule has 0 atom stereocenters. The molecule has 0 aliphatic heterocycles. The van der Waals surface area contributed by atoms with Crippen molar-refractivity contribution in [2.24, 2.45) is 0 Å². The standard InChI is InChI=1S/C13H17BrF2O3S/c1-13(2,3)20(17,18)5-4-19-12-10(15)6-9(8-14)7-11(12)16/h6-7H,4-5,8H2,1-3H3. The van der Waals surface area contributed by atoms with Crippen molar-refractivity contribution in [3.63, 3.8) is 0 Å². The van der Waals surface area contributed by atoms with Gasteiger partial charge in [-0.2, -0.15) is 0 Å². The van der Waals surface area contributed by atoms with Crippen molar-refractivity contribution in [3.8, 4) is 5.75 Å². The molecule has 20 heavy (non-hydrogen) atoms. The Morgan fingerprint density at radius 2 is 1.70 bits per heavy atom. The Morgan fingerprint density at radius 3 is 2.10 bits per heavy atom. The minimum absolute atomic E-state index is 0.291. The highest BCUT2D eigenvalue weighted by Crippen LogP contribution is 2.25. The minimum Gasteiger partial charge on any atom is -0.487 e. The summed E-state index contributed by atoms with van der Waals surface area (Å²) < 4.78 is 54.9. The monoisotopic (exact) mass is 370 g/mol. The van der Waals surface area contributed by atoms with Gasteiger partial charge in [-0.1, -0.05) is 15.9 Å². The maximum absolute atomic E-state index is 13.6. The van der Waals surface area contributed by atoms with Crippen LogP contribution in [0.4, 0.5) is 8.78 Å². The number of ether oxygens (including phenoxy) is 1. The number of hydrogen-bond donors (Lipinski definition) is 0. The molecule has 0 aromatic heterocycles. The number of benzene rings is 1. The fourth-order valence-corrected chi connectivity index (χ4v) is 2.63. The summed E-state index contributed by atoms with van der Waals surface area (Å²) in [6.45, 7) is 4.40. The number of alkyl halides is 1. The summed E-state index contributed by atoms with van der Waals surface area (Å²) in [6.07, 6.45) is 0. The van der Waals surface area contributed by atoms with Crippen molar-refractivity contribution in [2.45, 2.75) is 30.8 Å². The van der Waals surface area contributed by atoms with Gasteiger partial charge in [-0.05, 0) is 38.5 Å². The molecule has 0 aliphatic rings. The van der Waals surface area contributed by atoms with Crippen LogP contribution in [0.3, 0.4) is 0 Å². The van der Waals surface area contributed by atoms with Crippen molar-refractivity contribution in [1.29, 1.82) is 0 Å². The van der Waals surface area contributed by atoms with Gasteiger partial charge < -0.3 is 4.74 Å². The highest BCUT2D eigenvalue weighted by atomic mass is 79.9. The molecule has 0 heterocycles. The van der Waals surface area contributed by atoms with E-state index in [1.807, 2.05) is 0 Å². The third-order valence-electron chi connectivity index (χ3n) is 2.74. The Balaban J connectivity index is 2.78. The number of halogens is 3. The van der Waals surface area contributed by atoms with E-state index in [1.54, 1.807) is 20.8 Å². The zero-order chi connectivity index (χ0) is 15.6. The largest absolute Gasteiger partial charge is 0.487 e. The molecule has 114 valence electrons. The van der Waals surface area contributed by atoms with Crippen LogP contribution in [0.15, 0.2) is 12.1 Å². The Labute approximate surface area is 126 Å². The fourth-order valence-electron chi connectivity index (χ4n) is 1.39. The molecule has 0 N–H and O–H groups in total. The van der Waals surface area contributed by atoms with Crippen molar-refractivity contribution >= 4 is 25.8 Å². The van der Waals surface area contributed by atoms with E-state index < -0.39 is 32.0 Å². The summed E-state index contributed by atoms with van der Waals surface area (Å²) in [7, 11) is -3.38. The molecule has 0 bridgehead atoms. The molecular weight excluding hydrogens is 354 g/mol. The predicted octanol–water partition coefficient (Wildman–Crippen LogP) is 3.45. The van der Waals surface area contributed by atoms with Crippen molar-refractivity contribution in [2.75, 3.05) is 12.4 Å². The molecule has 1 rings (SSSR count). The molecule has 0 saturated carbocycles. The quantitative estimate of drug-likeness (QED) is 0.745. The Hall–Kier alpha value is -0.690. The molecule has 0 fully saturated rings. The highest BCUT2D eigenvalue weighted by Gasteiger charge is 2.28. The van der Waals surface area contributed by atoms with Crippen LogP contribution >= 0.6 is 15.9 Å². The lowest BCUT2D eigenvalue weighted by molar-refractivity contribution is 0.302. The van der Waals surface area contributed by atoms with Gasteiger partial charge in [0, 0.05) is 5.33 Å². The van der Waals surface area contributed by atoms with E-state index in [0.717, 1.165) is 12.1 Å². The lowest BCUT2D eigenvalue weighted by Gasteiger charge is -2.19. The molecule has 1 aromatic rings. The van der Waals surface area contributed by atoms with Gasteiger partial charge in [-0.3, -0.25) is 0 Å².